The Balaban J connectivity index is 1.97. The zero-order valence-electron chi connectivity index (χ0n) is 10.9. The van der Waals surface area contributed by atoms with Gasteiger partial charge in [0, 0.05) is 0 Å². The van der Waals surface area contributed by atoms with E-state index in [1.54, 1.807) is 0 Å². The molecule has 4 bridgehead atoms. The Morgan fingerprint density at radius 2 is 1.25 bits per heavy atom. The predicted molar refractivity (Wildman–Crippen MR) is 68.8 cm³/mol. The molecule has 0 amide bonds. The second kappa shape index (κ2) is 4.51. The van der Waals surface area contributed by atoms with E-state index in [-0.39, 0.29) is 0 Å². The van der Waals surface area contributed by atoms with Crippen LogP contribution in [0.3, 0.4) is 0 Å². The normalized spacial score (nSPS) is 45.1. The number of rotatable bonds is 4. The molecule has 4 aliphatic carbocycles. The highest BCUT2D eigenvalue weighted by Gasteiger charge is 2.62. The molecule has 112 valence electrons. The third-order valence-electron chi connectivity index (χ3n) is 5.64. The SMILES string of the molecule is O=C([O-])[C@H](Cl)C12CC3CC(C1)CC([C@@H](Cl)C(=O)[O-])(C3)C2. The van der Waals surface area contributed by atoms with Crippen LogP contribution in [0.25, 0.3) is 0 Å². The lowest BCUT2D eigenvalue weighted by atomic mass is 9.42. The smallest absolute Gasteiger partial charge is 0.0787 e. The molecule has 0 aliphatic heterocycles. The van der Waals surface area contributed by atoms with Crippen LogP contribution in [0.15, 0.2) is 0 Å². The van der Waals surface area contributed by atoms with E-state index in [9.17, 15) is 19.8 Å². The van der Waals surface area contributed by atoms with Crippen LogP contribution in [-0.2, 0) is 9.59 Å². The summed E-state index contributed by atoms with van der Waals surface area (Å²) in [6.45, 7) is 0. The van der Waals surface area contributed by atoms with Crippen molar-refractivity contribution in [3.63, 3.8) is 0 Å². The Bertz CT molecular complexity index is 412. The first-order chi connectivity index (χ1) is 9.28. The first-order valence-corrected chi connectivity index (χ1v) is 7.85. The third-order valence-corrected chi connectivity index (χ3v) is 6.92. The first-order valence-electron chi connectivity index (χ1n) is 6.98. The lowest BCUT2D eigenvalue weighted by Crippen LogP contribution is -2.62. The van der Waals surface area contributed by atoms with E-state index in [1.807, 2.05) is 0 Å². The molecule has 4 rings (SSSR count). The molecule has 0 aromatic carbocycles. The maximum Gasteiger partial charge on any atom is 0.0787 e. The molecule has 4 aliphatic rings. The van der Waals surface area contributed by atoms with Crippen LogP contribution in [0, 0.1) is 22.7 Å². The Labute approximate surface area is 127 Å². The number of carboxylic acid groups (broad SMARTS) is 2. The minimum atomic E-state index is -1.26. The monoisotopic (exact) mass is 318 g/mol. The summed E-state index contributed by atoms with van der Waals surface area (Å²) in [4.78, 5) is 22.4. The van der Waals surface area contributed by atoms with E-state index in [0.717, 1.165) is 32.1 Å². The molecular formula is C14H16Cl2O4-2. The highest BCUT2D eigenvalue weighted by molar-refractivity contribution is 6.30. The maximum atomic E-state index is 11.2. The summed E-state index contributed by atoms with van der Waals surface area (Å²) in [7, 11) is 0. The van der Waals surface area contributed by atoms with Crippen molar-refractivity contribution in [2.45, 2.75) is 49.3 Å². The molecule has 6 heteroatoms. The first kappa shape index (κ1) is 14.5. The van der Waals surface area contributed by atoms with Crippen molar-refractivity contribution >= 4 is 35.1 Å². The van der Waals surface area contributed by atoms with Crippen molar-refractivity contribution < 1.29 is 19.8 Å². The molecular weight excluding hydrogens is 303 g/mol. The third kappa shape index (κ3) is 1.95. The quantitative estimate of drug-likeness (QED) is 0.698. The summed E-state index contributed by atoms with van der Waals surface area (Å²) in [5.74, 6) is -1.89. The van der Waals surface area contributed by atoms with E-state index in [4.69, 9.17) is 23.2 Å². The summed E-state index contributed by atoms with van der Waals surface area (Å²) in [5, 5.41) is 20.3. The Hall–Kier alpha value is -0.480. The van der Waals surface area contributed by atoms with E-state index in [1.165, 1.54) is 0 Å². The molecule has 0 unspecified atom stereocenters. The van der Waals surface area contributed by atoms with Gasteiger partial charge < -0.3 is 19.8 Å². The molecule has 0 heterocycles. The Kier molecular flexibility index (Phi) is 3.26. The number of alkyl halides is 2. The molecule has 2 atom stereocenters. The number of hydrogen-bond acceptors (Lipinski definition) is 4. The number of hydrogen-bond donors (Lipinski definition) is 0. The second-order valence-corrected chi connectivity index (χ2v) is 7.92. The lowest BCUT2D eigenvalue weighted by Gasteiger charge is -2.64. The van der Waals surface area contributed by atoms with Gasteiger partial charge >= 0.3 is 0 Å². The van der Waals surface area contributed by atoms with Gasteiger partial charge in [0.2, 0.25) is 0 Å². The van der Waals surface area contributed by atoms with Gasteiger partial charge in [-0.1, -0.05) is 0 Å². The van der Waals surface area contributed by atoms with Gasteiger partial charge in [0.15, 0.2) is 0 Å². The summed E-state index contributed by atoms with van der Waals surface area (Å²) in [5.41, 5.74) is -1.12. The average molecular weight is 319 g/mol. The van der Waals surface area contributed by atoms with Gasteiger partial charge in [-0.25, -0.2) is 0 Å². The second-order valence-electron chi connectivity index (χ2n) is 7.05. The lowest BCUT2D eigenvalue weighted by molar-refractivity contribution is -0.312. The van der Waals surface area contributed by atoms with Gasteiger partial charge in [-0.05, 0) is 61.2 Å². The Morgan fingerprint density at radius 3 is 1.55 bits per heavy atom. The molecule has 0 saturated heterocycles. The molecule has 4 fully saturated rings. The molecule has 20 heavy (non-hydrogen) atoms. The minimum absolute atomic E-state index is 0.317. The highest BCUT2D eigenvalue weighted by atomic mass is 35.5. The van der Waals surface area contributed by atoms with Gasteiger partial charge in [-0.2, -0.15) is 0 Å². The fraction of sp³-hybridized carbons (Fsp3) is 0.857. The standard InChI is InChI=1S/C14H18Cl2O4/c15-9(11(17)18)13-2-7-1-8(4-13)5-14(3-7,6-13)10(16)12(19)20/h7-10H,1-6H2,(H,17,18)(H,19,20)/p-2/t7?,8?,9-,10-,13?,14?/m0/s1. The topological polar surface area (TPSA) is 80.3 Å². The van der Waals surface area contributed by atoms with Crippen molar-refractivity contribution in [3.8, 4) is 0 Å². The summed E-state index contributed by atoms with van der Waals surface area (Å²) in [6.07, 6.45) is 4.44. The number of carbonyl (C=O) groups excluding carboxylic acids is 2. The minimum Gasteiger partial charge on any atom is -0.549 e. The van der Waals surface area contributed by atoms with Crippen molar-refractivity contribution in [2.24, 2.45) is 22.7 Å². The van der Waals surface area contributed by atoms with Crippen molar-refractivity contribution in [2.75, 3.05) is 0 Å². The van der Waals surface area contributed by atoms with E-state index < -0.39 is 33.5 Å². The number of carbonyl (C=O) groups is 2. The van der Waals surface area contributed by atoms with Crippen LogP contribution in [0.4, 0.5) is 0 Å². The summed E-state index contributed by atoms with van der Waals surface area (Å²) >= 11 is 12.2. The highest BCUT2D eigenvalue weighted by Crippen LogP contribution is 2.68. The predicted octanol–water partition coefficient (Wildman–Crippen LogP) is 0.288. The number of carboxylic acids is 2. The van der Waals surface area contributed by atoms with Crippen LogP contribution in [0.2, 0.25) is 0 Å². The Morgan fingerprint density at radius 1 is 0.900 bits per heavy atom. The van der Waals surface area contributed by atoms with Crippen LogP contribution in [0.1, 0.15) is 38.5 Å². The number of halogens is 2. The zero-order valence-corrected chi connectivity index (χ0v) is 12.5. The maximum absolute atomic E-state index is 11.2. The van der Waals surface area contributed by atoms with Gasteiger partial charge in [0.05, 0.1) is 22.7 Å². The van der Waals surface area contributed by atoms with Gasteiger partial charge in [-0.3, -0.25) is 0 Å². The van der Waals surface area contributed by atoms with E-state index >= 15 is 0 Å². The van der Waals surface area contributed by atoms with Gasteiger partial charge in [0.25, 0.3) is 0 Å². The van der Waals surface area contributed by atoms with Crippen LogP contribution < -0.4 is 10.2 Å². The fourth-order valence-corrected chi connectivity index (χ4v) is 6.01. The summed E-state index contributed by atoms with van der Waals surface area (Å²) < 4.78 is 0. The van der Waals surface area contributed by atoms with Crippen LogP contribution >= 0.6 is 23.2 Å². The molecule has 0 radical (unpaired) electrons. The largest absolute Gasteiger partial charge is 0.549 e. The molecule has 0 N–H and O–H groups in total. The van der Waals surface area contributed by atoms with E-state index in [0.29, 0.717) is 18.3 Å². The average Bonchev–Trinajstić information content (AvgIpc) is 2.35. The molecule has 0 spiro atoms. The van der Waals surface area contributed by atoms with Crippen molar-refractivity contribution in [3.05, 3.63) is 0 Å². The van der Waals surface area contributed by atoms with Crippen LogP contribution in [-0.4, -0.2) is 22.7 Å². The van der Waals surface area contributed by atoms with Crippen molar-refractivity contribution in [1.82, 2.24) is 0 Å². The van der Waals surface area contributed by atoms with Crippen LogP contribution in [0.5, 0.6) is 0 Å². The van der Waals surface area contributed by atoms with E-state index in [2.05, 4.69) is 0 Å². The zero-order chi connectivity index (χ0) is 14.7. The van der Waals surface area contributed by atoms with Gasteiger partial charge in [0.1, 0.15) is 0 Å². The molecule has 0 aromatic rings. The summed E-state index contributed by atoms with van der Waals surface area (Å²) in [6, 6.07) is 0. The molecule has 0 aromatic heterocycles. The van der Waals surface area contributed by atoms with Gasteiger partial charge in [-0.15, -0.1) is 23.2 Å². The fourth-order valence-electron chi connectivity index (χ4n) is 5.50. The van der Waals surface area contributed by atoms with Crippen molar-refractivity contribution in [1.29, 1.82) is 0 Å². The molecule has 4 saturated carbocycles. The number of aliphatic carboxylic acids is 2. The molecule has 4 nitrogen and oxygen atoms in total.